The molecule has 2 saturated carbocycles. The number of carbonyl (C=O) groups is 2. The zero-order chi connectivity index (χ0) is 17.6. The summed E-state index contributed by atoms with van der Waals surface area (Å²) in [6.45, 7) is 4.76. The van der Waals surface area contributed by atoms with Crippen LogP contribution < -0.4 is 10.6 Å². The van der Waals surface area contributed by atoms with Gasteiger partial charge >= 0.3 is 0 Å². The Hall–Kier alpha value is -1.10. The maximum absolute atomic E-state index is 12.8. The van der Waals surface area contributed by atoms with Gasteiger partial charge in [0, 0.05) is 44.1 Å². The van der Waals surface area contributed by atoms with Gasteiger partial charge < -0.3 is 15.5 Å². The van der Waals surface area contributed by atoms with Crippen molar-refractivity contribution in [2.24, 2.45) is 11.8 Å². The summed E-state index contributed by atoms with van der Waals surface area (Å²) >= 11 is 0. The van der Waals surface area contributed by atoms with E-state index in [0.717, 1.165) is 45.3 Å². The van der Waals surface area contributed by atoms with Gasteiger partial charge in [-0.25, -0.2) is 0 Å². The van der Waals surface area contributed by atoms with Crippen LogP contribution in [0.15, 0.2) is 0 Å². The Morgan fingerprint density at radius 2 is 1.76 bits per heavy atom. The molecule has 3 rings (SSSR count). The van der Waals surface area contributed by atoms with Gasteiger partial charge in [-0.1, -0.05) is 19.3 Å². The first kappa shape index (κ1) is 18.7. The van der Waals surface area contributed by atoms with Gasteiger partial charge in [0.25, 0.3) is 0 Å². The Morgan fingerprint density at radius 1 is 1.04 bits per heavy atom. The van der Waals surface area contributed by atoms with E-state index in [9.17, 15) is 9.59 Å². The standard InChI is InChI=1S/C20H35N3O2/c1-15-14-21-11-12-23(15)20(25)17-7-9-18(10-8-17)22-19(24)13-16-5-3-2-4-6-16/h15-18,21H,2-14H2,1H3,(H,22,24)/t15-,17?,18?/m1/s1. The fourth-order valence-corrected chi connectivity index (χ4v) is 4.83. The molecule has 0 unspecified atom stereocenters. The summed E-state index contributed by atoms with van der Waals surface area (Å²) in [5, 5.41) is 6.58. The number of hydrogen-bond donors (Lipinski definition) is 2. The predicted molar refractivity (Wildman–Crippen MR) is 99.1 cm³/mol. The highest BCUT2D eigenvalue weighted by Gasteiger charge is 2.32. The summed E-state index contributed by atoms with van der Waals surface area (Å²) in [5.74, 6) is 1.33. The molecular weight excluding hydrogens is 314 g/mol. The monoisotopic (exact) mass is 349 g/mol. The highest BCUT2D eigenvalue weighted by atomic mass is 16.2. The Bertz CT molecular complexity index is 454. The van der Waals surface area contributed by atoms with Gasteiger partial charge in [0.05, 0.1) is 0 Å². The molecule has 0 bridgehead atoms. The van der Waals surface area contributed by atoms with E-state index < -0.39 is 0 Å². The second kappa shape index (κ2) is 9.02. The molecule has 2 aliphatic carbocycles. The third kappa shape index (κ3) is 5.19. The van der Waals surface area contributed by atoms with E-state index in [1.807, 2.05) is 0 Å². The van der Waals surface area contributed by atoms with Crippen molar-refractivity contribution in [1.29, 1.82) is 0 Å². The van der Waals surface area contributed by atoms with Gasteiger partial charge in [-0.15, -0.1) is 0 Å². The molecule has 5 heteroatoms. The number of nitrogens with one attached hydrogen (secondary N) is 2. The van der Waals surface area contributed by atoms with Crippen LogP contribution in [0.2, 0.25) is 0 Å². The second-order valence-corrected chi connectivity index (χ2v) is 8.41. The van der Waals surface area contributed by atoms with Crippen LogP contribution in [-0.4, -0.2) is 48.4 Å². The van der Waals surface area contributed by atoms with Crippen LogP contribution in [0.25, 0.3) is 0 Å². The molecule has 1 atom stereocenters. The number of amides is 2. The number of nitrogens with zero attached hydrogens (tertiary/aromatic N) is 1. The van der Waals surface area contributed by atoms with Gasteiger partial charge in [-0.2, -0.15) is 0 Å². The maximum Gasteiger partial charge on any atom is 0.226 e. The lowest BCUT2D eigenvalue weighted by Crippen LogP contribution is -2.54. The Balaban J connectivity index is 1.39. The van der Waals surface area contributed by atoms with Crippen molar-refractivity contribution in [2.75, 3.05) is 19.6 Å². The second-order valence-electron chi connectivity index (χ2n) is 8.41. The Kier molecular flexibility index (Phi) is 6.74. The molecule has 2 amide bonds. The van der Waals surface area contributed by atoms with Gasteiger partial charge in [0.2, 0.25) is 11.8 Å². The smallest absolute Gasteiger partial charge is 0.226 e. The quantitative estimate of drug-likeness (QED) is 0.819. The lowest BCUT2D eigenvalue weighted by Gasteiger charge is -2.38. The molecule has 2 N–H and O–H groups in total. The number of piperazine rings is 1. The van der Waals surface area contributed by atoms with Crippen LogP contribution in [-0.2, 0) is 9.59 Å². The topological polar surface area (TPSA) is 61.4 Å². The van der Waals surface area contributed by atoms with Crippen molar-refractivity contribution in [1.82, 2.24) is 15.5 Å². The molecular formula is C20H35N3O2. The van der Waals surface area contributed by atoms with E-state index in [-0.39, 0.29) is 17.9 Å². The number of hydrogen-bond acceptors (Lipinski definition) is 3. The molecule has 3 fully saturated rings. The van der Waals surface area contributed by atoms with Gasteiger partial charge in [-0.3, -0.25) is 9.59 Å². The Morgan fingerprint density at radius 3 is 2.44 bits per heavy atom. The lowest BCUT2D eigenvalue weighted by atomic mass is 9.84. The van der Waals surface area contributed by atoms with Crippen molar-refractivity contribution in [3.05, 3.63) is 0 Å². The van der Waals surface area contributed by atoms with Crippen LogP contribution in [0.1, 0.15) is 71.1 Å². The normalized spacial score (nSPS) is 31.6. The summed E-state index contributed by atoms with van der Waals surface area (Å²) < 4.78 is 0. The summed E-state index contributed by atoms with van der Waals surface area (Å²) in [6.07, 6.45) is 10.8. The molecule has 0 aromatic carbocycles. The lowest BCUT2D eigenvalue weighted by molar-refractivity contribution is -0.139. The third-order valence-corrected chi connectivity index (χ3v) is 6.42. The van der Waals surface area contributed by atoms with Gasteiger partial charge in [-0.05, 0) is 51.4 Å². The Labute approximate surface area is 152 Å². The summed E-state index contributed by atoms with van der Waals surface area (Å²) in [5.41, 5.74) is 0. The first-order chi connectivity index (χ1) is 12.1. The van der Waals surface area contributed by atoms with E-state index in [2.05, 4.69) is 22.5 Å². The van der Waals surface area contributed by atoms with Crippen molar-refractivity contribution in [3.63, 3.8) is 0 Å². The fourth-order valence-electron chi connectivity index (χ4n) is 4.83. The summed E-state index contributed by atoms with van der Waals surface area (Å²) in [7, 11) is 0. The average molecular weight is 350 g/mol. The molecule has 3 aliphatic rings. The molecule has 1 aliphatic heterocycles. The molecule has 1 heterocycles. The minimum Gasteiger partial charge on any atom is -0.353 e. The zero-order valence-electron chi connectivity index (χ0n) is 15.8. The molecule has 5 nitrogen and oxygen atoms in total. The van der Waals surface area contributed by atoms with Gasteiger partial charge in [0.1, 0.15) is 0 Å². The highest BCUT2D eigenvalue weighted by molar-refractivity contribution is 5.79. The van der Waals surface area contributed by atoms with Crippen molar-refractivity contribution < 1.29 is 9.59 Å². The van der Waals surface area contributed by atoms with Crippen LogP contribution in [0.3, 0.4) is 0 Å². The molecule has 142 valence electrons. The molecule has 0 spiro atoms. The molecule has 1 saturated heterocycles. The molecule has 25 heavy (non-hydrogen) atoms. The maximum atomic E-state index is 12.8. The number of rotatable bonds is 4. The SMILES string of the molecule is C[C@@H]1CNCCN1C(=O)C1CCC(NC(=O)CC2CCCCC2)CC1. The minimum absolute atomic E-state index is 0.159. The van der Waals surface area contributed by atoms with Crippen LogP contribution in [0.4, 0.5) is 0 Å². The van der Waals surface area contributed by atoms with Crippen molar-refractivity contribution >= 4 is 11.8 Å². The summed E-state index contributed by atoms with van der Waals surface area (Å²) in [6, 6.07) is 0.578. The highest BCUT2D eigenvalue weighted by Crippen LogP contribution is 2.29. The third-order valence-electron chi connectivity index (χ3n) is 6.42. The minimum atomic E-state index is 0.159. The van der Waals surface area contributed by atoms with Crippen molar-refractivity contribution in [2.45, 2.75) is 83.2 Å². The van der Waals surface area contributed by atoms with E-state index in [1.165, 1.54) is 32.1 Å². The first-order valence-corrected chi connectivity index (χ1v) is 10.4. The summed E-state index contributed by atoms with van der Waals surface area (Å²) in [4.78, 5) is 27.1. The van der Waals surface area contributed by atoms with Gasteiger partial charge in [0.15, 0.2) is 0 Å². The largest absolute Gasteiger partial charge is 0.353 e. The average Bonchev–Trinajstić information content (AvgIpc) is 2.63. The van der Waals surface area contributed by atoms with E-state index in [4.69, 9.17) is 0 Å². The molecule has 0 radical (unpaired) electrons. The van der Waals surface area contributed by atoms with Crippen LogP contribution >= 0.6 is 0 Å². The zero-order valence-corrected chi connectivity index (χ0v) is 15.8. The molecule has 0 aromatic rings. The molecule has 0 aromatic heterocycles. The van der Waals surface area contributed by atoms with Crippen LogP contribution in [0.5, 0.6) is 0 Å². The predicted octanol–water partition coefficient (Wildman–Crippen LogP) is 2.45. The van der Waals surface area contributed by atoms with E-state index >= 15 is 0 Å². The first-order valence-electron chi connectivity index (χ1n) is 10.4. The number of carbonyl (C=O) groups excluding carboxylic acids is 2. The van der Waals surface area contributed by atoms with Crippen LogP contribution in [0, 0.1) is 11.8 Å². The van der Waals surface area contributed by atoms with E-state index in [0.29, 0.717) is 24.3 Å². The fraction of sp³-hybridized carbons (Fsp3) is 0.900. The van der Waals surface area contributed by atoms with Crippen molar-refractivity contribution in [3.8, 4) is 0 Å². The van der Waals surface area contributed by atoms with E-state index in [1.54, 1.807) is 0 Å².